The standard InChI is InChI=1S/C22H21F3N4O2/c1-12-3-5-15(6-4-12)18-10-16(27-31-18)21(30)28-17(14-7-8-14)11-19(22(23,24)25)29-20(28)9-13(2)26-29/h3-6,9-10,14,17,19H,7-8,11H2,1-2H3. The van der Waals surface area contributed by atoms with Gasteiger partial charge in [0.05, 0.1) is 5.69 Å². The Bertz CT molecular complexity index is 1130. The lowest BCUT2D eigenvalue weighted by Gasteiger charge is -2.40. The molecule has 2 atom stereocenters. The zero-order valence-electron chi connectivity index (χ0n) is 17.1. The first kappa shape index (κ1) is 19.8. The lowest BCUT2D eigenvalue weighted by atomic mass is 9.97. The van der Waals surface area contributed by atoms with E-state index in [0.29, 0.717) is 11.5 Å². The van der Waals surface area contributed by atoms with Gasteiger partial charge in [0.2, 0.25) is 0 Å². The van der Waals surface area contributed by atoms with Crippen molar-refractivity contribution < 1.29 is 22.5 Å². The predicted octanol–water partition coefficient (Wildman–Crippen LogP) is 5.09. The second-order valence-corrected chi connectivity index (χ2v) is 8.40. The number of aromatic nitrogens is 3. The van der Waals surface area contributed by atoms with Crippen molar-refractivity contribution in [2.75, 3.05) is 4.90 Å². The maximum absolute atomic E-state index is 13.8. The lowest BCUT2D eigenvalue weighted by molar-refractivity contribution is -0.174. The molecule has 1 saturated carbocycles. The van der Waals surface area contributed by atoms with Crippen LogP contribution < -0.4 is 4.90 Å². The highest BCUT2D eigenvalue weighted by molar-refractivity contribution is 6.05. The number of aryl methyl sites for hydroxylation is 2. The van der Waals surface area contributed by atoms with Gasteiger partial charge in [-0.05, 0) is 39.0 Å². The molecular weight excluding hydrogens is 409 g/mol. The van der Waals surface area contributed by atoms with Crippen molar-refractivity contribution in [1.82, 2.24) is 14.9 Å². The van der Waals surface area contributed by atoms with Crippen molar-refractivity contribution in [3.05, 3.63) is 53.3 Å². The van der Waals surface area contributed by atoms with Crippen LogP contribution in [0.1, 0.15) is 47.1 Å². The molecule has 0 spiro atoms. The number of fused-ring (bicyclic) bond motifs is 1. The Morgan fingerprint density at radius 2 is 1.84 bits per heavy atom. The average Bonchev–Trinajstić information content (AvgIpc) is 3.30. The van der Waals surface area contributed by atoms with E-state index in [1.807, 2.05) is 31.2 Å². The Labute approximate surface area is 176 Å². The number of nitrogens with zero attached hydrogens (tertiary/aromatic N) is 4. The molecule has 3 aromatic rings. The SMILES string of the molecule is Cc1ccc(-c2cc(C(=O)N3c4cc(C)nn4C(C(F)(F)F)CC3C3CC3)no2)cc1. The van der Waals surface area contributed by atoms with E-state index >= 15 is 0 Å². The molecule has 1 aliphatic carbocycles. The first-order chi connectivity index (χ1) is 14.7. The van der Waals surface area contributed by atoms with Gasteiger partial charge >= 0.3 is 6.18 Å². The van der Waals surface area contributed by atoms with Crippen LogP contribution >= 0.6 is 0 Å². The van der Waals surface area contributed by atoms with E-state index in [0.717, 1.165) is 28.7 Å². The molecule has 0 bridgehead atoms. The van der Waals surface area contributed by atoms with E-state index in [9.17, 15) is 18.0 Å². The second kappa shape index (κ2) is 6.96. The predicted molar refractivity (Wildman–Crippen MR) is 107 cm³/mol. The molecule has 1 aliphatic heterocycles. The third kappa shape index (κ3) is 3.51. The normalized spacial score (nSPS) is 21.3. The Morgan fingerprint density at radius 3 is 2.48 bits per heavy atom. The van der Waals surface area contributed by atoms with E-state index in [-0.39, 0.29) is 23.9 Å². The van der Waals surface area contributed by atoms with Gasteiger partial charge in [0.25, 0.3) is 5.91 Å². The number of halogens is 3. The van der Waals surface area contributed by atoms with Crippen LogP contribution in [0.2, 0.25) is 0 Å². The molecule has 2 aromatic heterocycles. The number of benzene rings is 1. The van der Waals surface area contributed by atoms with Crippen LogP contribution in [0.25, 0.3) is 11.3 Å². The van der Waals surface area contributed by atoms with Gasteiger partial charge in [0.15, 0.2) is 17.5 Å². The third-order valence-electron chi connectivity index (χ3n) is 6.00. The Balaban J connectivity index is 1.53. The minimum atomic E-state index is -4.44. The summed E-state index contributed by atoms with van der Waals surface area (Å²) in [5.41, 5.74) is 2.35. The number of rotatable bonds is 3. The van der Waals surface area contributed by atoms with Crippen LogP contribution in [-0.2, 0) is 0 Å². The third-order valence-corrected chi connectivity index (χ3v) is 6.00. The largest absolute Gasteiger partial charge is 0.410 e. The molecule has 6 nitrogen and oxygen atoms in total. The minimum absolute atomic E-state index is 0.0428. The number of alkyl halides is 3. The Morgan fingerprint density at radius 1 is 1.13 bits per heavy atom. The van der Waals surface area contributed by atoms with Crippen LogP contribution in [0, 0.1) is 19.8 Å². The summed E-state index contributed by atoms with van der Waals surface area (Å²) in [6.07, 6.45) is -3.04. The monoisotopic (exact) mass is 430 g/mol. The van der Waals surface area contributed by atoms with Crippen molar-refractivity contribution in [3.8, 4) is 11.3 Å². The van der Waals surface area contributed by atoms with Crippen molar-refractivity contribution in [1.29, 1.82) is 0 Å². The Hall–Kier alpha value is -3.10. The number of hydrogen-bond donors (Lipinski definition) is 0. The average molecular weight is 430 g/mol. The van der Waals surface area contributed by atoms with Crippen molar-refractivity contribution in [2.45, 2.75) is 51.4 Å². The second-order valence-electron chi connectivity index (χ2n) is 8.40. The summed E-state index contributed by atoms with van der Waals surface area (Å²) in [5, 5.41) is 7.99. The summed E-state index contributed by atoms with van der Waals surface area (Å²) < 4.78 is 47.6. The number of carbonyl (C=O) groups is 1. The first-order valence-corrected chi connectivity index (χ1v) is 10.2. The molecule has 1 fully saturated rings. The minimum Gasteiger partial charge on any atom is -0.355 e. The molecule has 1 amide bonds. The molecule has 2 aliphatic rings. The fourth-order valence-corrected chi connectivity index (χ4v) is 4.28. The molecule has 5 rings (SSSR count). The van der Waals surface area contributed by atoms with Crippen molar-refractivity contribution >= 4 is 11.7 Å². The summed E-state index contributed by atoms with van der Waals surface area (Å²) >= 11 is 0. The summed E-state index contributed by atoms with van der Waals surface area (Å²) in [7, 11) is 0. The van der Waals surface area contributed by atoms with Gasteiger partial charge in [-0.15, -0.1) is 0 Å². The van der Waals surface area contributed by atoms with Crippen molar-refractivity contribution in [3.63, 3.8) is 0 Å². The van der Waals surface area contributed by atoms with E-state index in [1.165, 1.54) is 11.0 Å². The lowest BCUT2D eigenvalue weighted by Crippen LogP contribution is -2.50. The fraction of sp³-hybridized carbons (Fsp3) is 0.409. The molecule has 0 radical (unpaired) electrons. The molecular formula is C22H21F3N4O2. The summed E-state index contributed by atoms with van der Waals surface area (Å²) in [4.78, 5) is 14.9. The summed E-state index contributed by atoms with van der Waals surface area (Å²) in [5.74, 6) is 0.163. The zero-order valence-corrected chi connectivity index (χ0v) is 17.1. The van der Waals surface area contributed by atoms with E-state index in [2.05, 4.69) is 10.3 Å². The van der Waals surface area contributed by atoms with Crippen LogP contribution in [0.5, 0.6) is 0 Å². The molecule has 1 aromatic carbocycles. The fourth-order valence-electron chi connectivity index (χ4n) is 4.28. The quantitative estimate of drug-likeness (QED) is 0.581. The molecule has 2 unspecified atom stereocenters. The summed E-state index contributed by atoms with van der Waals surface area (Å²) in [6, 6.07) is 8.35. The summed E-state index contributed by atoms with van der Waals surface area (Å²) in [6.45, 7) is 3.59. The molecule has 0 N–H and O–H groups in total. The number of hydrogen-bond acceptors (Lipinski definition) is 4. The van der Waals surface area contributed by atoms with Gasteiger partial charge in [-0.25, -0.2) is 4.68 Å². The highest BCUT2D eigenvalue weighted by atomic mass is 19.4. The number of carbonyl (C=O) groups excluding carboxylic acids is 1. The molecule has 9 heteroatoms. The van der Waals surface area contributed by atoms with E-state index < -0.39 is 24.2 Å². The van der Waals surface area contributed by atoms with Crippen LogP contribution in [0.4, 0.5) is 19.0 Å². The van der Waals surface area contributed by atoms with Gasteiger partial charge < -0.3 is 4.52 Å². The zero-order chi connectivity index (χ0) is 21.9. The van der Waals surface area contributed by atoms with E-state index in [1.54, 1.807) is 13.0 Å². The van der Waals surface area contributed by atoms with Gasteiger partial charge in [0, 0.05) is 23.7 Å². The van der Waals surface area contributed by atoms with Gasteiger partial charge in [0.1, 0.15) is 5.82 Å². The van der Waals surface area contributed by atoms with Gasteiger partial charge in [-0.1, -0.05) is 35.0 Å². The van der Waals surface area contributed by atoms with Crippen molar-refractivity contribution in [2.24, 2.45) is 5.92 Å². The molecule has 3 heterocycles. The number of amides is 1. The highest BCUT2D eigenvalue weighted by Gasteiger charge is 2.53. The van der Waals surface area contributed by atoms with Crippen LogP contribution in [0.15, 0.2) is 40.9 Å². The van der Waals surface area contributed by atoms with Gasteiger partial charge in [-0.2, -0.15) is 18.3 Å². The topological polar surface area (TPSA) is 64.2 Å². The van der Waals surface area contributed by atoms with E-state index in [4.69, 9.17) is 4.52 Å². The molecule has 31 heavy (non-hydrogen) atoms. The van der Waals surface area contributed by atoms with Gasteiger partial charge in [-0.3, -0.25) is 9.69 Å². The molecule has 162 valence electrons. The maximum atomic E-state index is 13.8. The highest BCUT2D eigenvalue weighted by Crippen LogP contribution is 2.48. The molecule has 0 saturated heterocycles. The number of anilines is 1. The first-order valence-electron chi connectivity index (χ1n) is 10.2. The Kier molecular flexibility index (Phi) is 4.46. The van der Waals surface area contributed by atoms with Crippen LogP contribution in [-0.4, -0.2) is 33.1 Å². The smallest absolute Gasteiger partial charge is 0.355 e. The van der Waals surface area contributed by atoms with Crippen LogP contribution in [0.3, 0.4) is 0 Å². The maximum Gasteiger partial charge on any atom is 0.410 e.